The van der Waals surface area contributed by atoms with Gasteiger partial charge >= 0.3 is 0 Å². The lowest BCUT2D eigenvalue weighted by molar-refractivity contribution is 1.17. The predicted molar refractivity (Wildman–Crippen MR) is 97.2 cm³/mol. The first kappa shape index (κ1) is 14.3. The molecule has 0 saturated heterocycles. The van der Waals surface area contributed by atoms with Crippen LogP contribution >= 0.6 is 0 Å². The fourth-order valence-corrected chi connectivity index (χ4v) is 2.74. The summed E-state index contributed by atoms with van der Waals surface area (Å²) in [6.45, 7) is 2.08. The number of benzene rings is 2. The maximum Gasteiger partial charge on any atom is 0.227 e. The summed E-state index contributed by atoms with van der Waals surface area (Å²) in [5, 5.41) is 5.50. The molecule has 116 valence electrons. The molecule has 2 aromatic heterocycles. The number of aromatic nitrogens is 3. The standard InChI is InChI=1S/C20H16N4/c1-14-4-2-5-15(12-14)18-9-11-22-20(23-18)24-19-7-3-6-16-13-21-10-8-17(16)19/h2-13H,1H3,(H,22,23,24). The third-order valence-corrected chi connectivity index (χ3v) is 3.90. The van der Waals surface area contributed by atoms with E-state index in [1.165, 1.54) is 5.56 Å². The average Bonchev–Trinajstić information content (AvgIpc) is 2.62. The van der Waals surface area contributed by atoms with E-state index < -0.39 is 0 Å². The molecule has 0 radical (unpaired) electrons. The Hall–Kier alpha value is -3.27. The molecule has 0 atom stereocenters. The zero-order valence-corrected chi connectivity index (χ0v) is 13.3. The molecule has 0 aliphatic heterocycles. The fraction of sp³-hybridized carbons (Fsp3) is 0.0500. The Labute approximate surface area is 140 Å². The van der Waals surface area contributed by atoms with Crippen LogP contribution in [0, 0.1) is 6.92 Å². The van der Waals surface area contributed by atoms with Crippen LogP contribution in [-0.4, -0.2) is 15.0 Å². The van der Waals surface area contributed by atoms with Gasteiger partial charge in [0.15, 0.2) is 0 Å². The number of fused-ring (bicyclic) bond motifs is 1. The highest BCUT2D eigenvalue weighted by Gasteiger charge is 2.05. The molecule has 4 aromatic rings. The Kier molecular flexibility index (Phi) is 3.63. The zero-order valence-electron chi connectivity index (χ0n) is 13.3. The summed E-state index contributed by atoms with van der Waals surface area (Å²) in [4.78, 5) is 13.2. The minimum Gasteiger partial charge on any atom is -0.324 e. The molecule has 0 aliphatic rings. The second-order valence-corrected chi connectivity index (χ2v) is 5.66. The lowest BCUT2D eigenvalue weighted by atomic mass is 10.1. The van der Waals surface area contributed by atoms with Crippen molar-refractivity contribution in [3.05, 3.63) is 78.8 Å². The van der Waals surface area contributed by atoms with E-state index in [2.05, 4.69) is 45.4 Å². The maximum absolute atomic E-state index is 4.65. The molecule has 0 bridgehead atoms. The Morgan fingerprint density at radius 3 is 2.75 bits per heavy atom. The van der Waals surface area contributed by atoms with Crippen molar-refractivity contribution in [2.75, 3.05) is 5.32 Å². The number of pyridine rings is 1. The monoisotopic (exact) mass is 312 g/mol. The van der Waals surface area contributed by atoms with E-state index in [-0.39, 0.29) is 0 Å². The smallest absolute Gasteiger partial charge is 0.227 e. The van der Waals surface area contributed by atoms with Crippen LogP contribution in [0.15, 0.2) is 73.2 Å². The molecule has 4 heteroatoms. The zero-order chi connectivity index (χ0) is 16.4. The van der Waals surface area contributed by atoms with E-state index in [0.29, 0.717) is 5.95 Å². The van der Waals surface area contributed by atoms with E-state index in [4.69, 9.17) is 0 Å². The summed E-state index contributed by atoms with van der Waals surface area (Å²) in [7, 11) is 0. The van der Waals surface area contributed by atoms with Crippen molar-refractivity contribution in [3.63, 3.8) is 0 Å². The van der Waals surface area contributed by atoms with Crippen LogP contribution in [0.25, 0.3) is 22.0 Å². The van der Waals surface area contributed by atoms with Gasteiger partial charge in [-0.05, 0) is 31.2 Å². The molecule has 0 amide bonds. The van der Waals surface area contributed by atoms with Crippen molar-refractivity contribution in [2.45, 2.75) is 6.92 Å². The number of nitrogens with zero attached hydrogens (tertiary/aromatic N) is 3. The molecule has 4 nitrogen and oxygen atoms in total. The van der Waals surface area contributed by atoms with Gasteiger partial charge in [-0.25, -0.2) is 9.97 Å². The van der Waals surface area contributed by atoms with E-state index in [9.17, 15) is 0 Å². The summed E-state index contributed by atoms with van der Waals surface area (Å²) in [5.41, 5.74) is 4.17. The number of anilines is 2. The van der Waals surface area contributed by atoms with Crippen LogP contribution < -0.4 is 5.32 Å². The van der Waals surface area contributed by atoms with Gasteiger partial charge in [0.2, 0.25) is 5.95 Å². The first-order chi connectivity index (χ1) is 11.8. The first-order valence-electron chi connectivity index (χ1n) is 7.79. The van der Waals surface area contributed by atoms with Crippen LogP contribution in [0.2, 0.25) is 0 Å². The number of hydrogen-bond donors (Lipinski definition) is 1. The quantitative estimate of drug-likeness (QED) is 0.593. The minimum absolute atomic E-state index is 0.582. The van der Waals surface area contributed by atoms with Crippen LogP contribution in [0.3, 0.4) is 0 Å². The summed E-state index contributed by atoms with van der Waals surface area (Å²) in [6, 6.07) is 18.3. The number of rotatable bonds is 3. The molecular weight excluding hydrogens is 296 g/mol. The van der Waals surface area contributed by atoms with Crippen molar-refractivity contribution in [1.82, 2.24) is 15.0 Å². The molecule has 0 saturated carbocycles. The van der Waals surface area contributed by atoms with Gasteiger partial charge in [-0.1, -0.05) is 35.9 Å². The highest BCUT2D eigenvalue weighted by Crippen LogP contribution is 2.25. The Balaban J connectivity index is 1.71. The second-order valence-electron chi connectivity index (χ2n) is 5.66. The third kappa shape index (κ3) is 2.82. The molecule has 24 heavy (non-hydrogen) atoms. The van der Waals surface area contributed by atoms with Crippen molar-refractivity contribution in [1.29, 1.82) is 0 Å². The van der Waals surface area contributed by atoms with E-state index in [1.807, 2.05) is 42.6 Å². The Morgan fingerprint density at radius 1 is 0.917 bits per heavy atom. The van der Waals surface area contributed by atoms with E-state index in [1.54, 1.807) is 12.4 Å². The number of aryl methyl sites for hydroxylation is 1. The number of hydrogen-bond acceptors (Lipinski definition) is 4. The van der Waals surface area contributed by atoms with Crippen LogP contribution in [0.5, 0.6) is 0 Å². The SMILES string of the molecule is Cc1cccc(-c2ccnc(Nc3cccc4cnccc34)n2)c1. The van der Waals surface area contributed by atoms with Gasteiger partial charge < -0.3 is 5.32 Å². The van der Waals surface area contributed by atoms with Gasteiger partial charge in [-0.3, -0.25) is 4.98 Å². The molecule has 0 aliphatic carbocycles. The largest absolute Gasteiger partial charge is 0.324 e. The lowest BCUT2D eigenvalue weighted by Crippen LogP contribution is -1.98. The molecule has 2 heterocycles. The number of nitrogens with one attached hydrogen (secondary N) is 1. The summed E-state index contributed by atoms with van der Waals surface area (Å²) >= 11 is 0. The van der Waals surface area contributed by atoms with Crippen LogP contribution in [-0.2, 0) is 0 Å². The van der Waals surface area contributed by atoms with Gasteiger partial charge in [0.05, 0.1) is 5.69 Å². The normalized spacial score (nSPS) is 10.7. The topological polar surface area (TPSA) is 50.7 Å². The first-order valence-corrected chi connectivity index (χ1v) is 7.79. The van der Waals surface area contributed by atoms with Crippen LogP contribution in [0.1, 0.15) is 5.56 Å². The van der Waals surface area contributed by atoms with Crippen molar-refractivity contribution >= 4 is 22.4 Å². The molecule has 2 aromatic carbocycles. The summed E-state index contributed by atoms with van der Waals surface area (Å²) in [6.07, 6.45) is 5.42. The summed E-state index contributed by atoms with van der Waals surface area (Å²) in [5.74, 6) is 0.582. The second kappa shape index (κ2) is 6.08. The Morgan fingerprint density at radius 2 is 1.83 bits per heavy atom. The Bertz CT molecular complexity index is 1010. The highest BCUT2D eigenvalue weighted by molar-refractivity contribution is 5.94. The predicted octanol–water partition coefficient (Wildman–Crippen LogP) is 4.74. The van der Waals surface area contributed by atoms with Crippen molar-refractivity contribution < 1.29 is 0 Å². The lowest BCUT2D eigenvalue weighted by Gasteiger charge is -2.09. The molecule has 4 rings (SSSR count). The molecule has 0 fully saturated rings. The van der Waals surface area contributed by atoms with Gasteiger partial charge in [0.25, 0.3) is 0 Å². The summed E-state index contributed by atoms with van der Waals surface area (Å²) < 4.78 is 0. The molecule has 0 unspecified atom stereocenters. The maximum atomic E-state index is 4.65. The average molecular weight is 312 g/mol. The van der Waals surface area contributed by atoms with Gasteiger partial charge in [0.1, 0.15) is 0 Å². The van der Waals surface area contributed by atoms with Gasteiger partial charge in [-0.2, -0.15) is 0 Å². The fourth-order valence-electron chi connectivity index (χ4n) is 2.74. The highest BCUT2D eigenvalue weighted by atomic mass is 15.1. The van der Waals surface area contributed by atoms with Gasteiger partial charge in [0, 0.05) is 40.6 Å². The van der Waals surface area contributed by atoms with Crippen molar-refractivity contribution in [2.24, 2.45) is 0 Å². The van der Waals surface area contributed by atoms with Crippen molar-refractivity contribution in [3.8, 4) is 11.3 Å². The van der Waals surface area contributed by atoms with E-state index in [0.717, 1.165) is 27.7 Å². The molecule has 0 spiro atoms. The van der Waals surface area contributed by atoms with Gasteiger partial charge in [-0.15, -0.1) is 0 Å². The van der Waals surface area contributed by atoms with E-state index >= 15 is 0 Å². The molecular formula is C20H16N4. The minimum atomic E-state index is 0.582. The van der Waals surface area contributed by atoms with Crippen LogP contribution in [0.4, 0.5) is 11.6 Å². The molecule has 1 N–H and O–H groups in total. The third-order valence-electron chi connectivity index (χ3n) is 3.90.